The van der Waals surface area contributed by atoms with Gasteiger partial charge in [0, 0.05) is 6.04 Å². The van der Waals surface area contributed by atoms with Gasteiger partial charge in [-0.2, -0.15) is 5.26 Å². The highest BCUT2D eigenvalue weighted by Gasteiger charge is 2.49. The second kappa shape index (κ2) is 3.78. The lowest BCUT2D eigenvalue weighted by molar-refractivity contribution is -0.119. The number of carbonyl (C=O) groups is 1. The van der Waals surface area contributed by atoms with Crippen molar-refractivity contribution < 1.29 is 4.79 Å². The first-order chi connectivity index (χ1) is 6.17. The van der Waals surface area contributed by atoms with E-state index in [0.29, 0.717) is 17.9 Å². The number of hydrogen-bond donors (Lipinski definition) is 0. The minimum absolute atomic E-state index is 0.290. The fourth-order valence-electron chi connectivity index (χ4n) is 2.11. The van der Waals surface area contributed by atoms with Crippen molar-refractivity contribution in [2.45, 2.75) is 39.3 Å². The van der Waals surface area contributed by atoms with Crippen LogP contribution in [0.3, 0.4) is 0 Å². The Kier molecular flexibility index (Phi) is 2.92. The normalized spacial score (nSPS) is 33.2. The molecule has 1 saturated carbocycles. The zero-order valence-corrected chi connectivity index (χ0v) is 8.40. The molecule has 0 aliphatic heterocycles. The van der Waals surface area contributed by atoms with E-state index in [2.05, 4.69) is 19.9 Å². The zero-order valence-electron chi connectivity index (χ0n) is 8.40. The van der Waals surface area contributed by atoms with Crippen LogP contribution in [0.4, 0.5) is 0 Å². The Morgan fingerprint density at radius 1 is 1.69 bits per heavy atom. The van der Waals surface area contributed by atoms with E-state index in [-0.39, 0.29) is 6.04 Å². The summed E-state index contributed by atoms with van der Waals surface area (Å²) in [5.41, 5.74) is 0. The predicted molar refractivity (Wildman–Crippen MR) is 49.7 cm³/mol. The average Bonchev–Trinajstić information content (AvgIpc) is 2.78. The first kappa shape index (κ1) is 10.0. The van der Waals surface area contributed by atoms with Gasteiger partial charge in [0.2, 0.25) is 6.41 Å². The van der Waals surface area contributed by atoms with Gasteiger partial charge in [-0.25, -0.2) is 0 Å². The van der Waals surface area contributed by atoms with E-state index >= 15 is 0 Å². The fraction of sp³-hybridized carbons (Fsp3) is 0.800. The lowest BCUT2D eigenvalue weighted by Crippen LogP contribution is -2.34. The molecule has 0 bridgehead atoms. The van der Waals surface area contributed by atoms with E-state index in [4.69, 9.17) is 5.26 Å². The van der Waals surface area contributed by atoms with Crippen molar-refractivity contribution in [1.82, 2.24) is 4.90 Å². The molecule has 1 amide bonds. The lowest BCUT2D eigenvalue weighted by Gasteiger charge is -2.19. The van der Waals surface area contributed by atoms with Crippen LogP contribution in [0.25, 0.3) is 0 Å². The quantitative estimate of drug-likeness (QED) is 0.614. The Morgan fingerprint density at radius 3 is 2.62 bits per heavy atom. The van der Waals surface area contributed by atoms with Gasteiger partial charge in [0.1, 0.15) is 6.04 Å². The number of nitriles is 1. The van der Waals surface area contributed by atoms with Gasteiger partial charge in [-0.3, -0.25) is 4.79 Å². The van der Waals surface area contributed by atoms with E-state index in [1.807, 2.05) is 0 Å². The van der Waals surface area contributed by atoms with Gasteiger partial charge in [-0.15, -0.1) is 0 Å². The van der Waals surface area contributed by atoms with E-state index in [1.54, 1.807) is 11.8 Å². The van der Waals surface area contributed by atoms with Crippen molar-refractivity contribution in [3.63, 3.8) is 0 Å². The van der Waals surface area contributed by atoms with Crippen LogP contribution in [0.2, 0.25) is 0 Å². The summed E-state index contributed by atoms with van der Waals surface area (Å²) in [4.78, 5) is 12.4. The van der Waals surface area contributed by atoms with Crippen LogP contribution in [0.1, 0.15) is 27.2 Å². The number of rotatable bonds is 4. The molecule has 1 aliphatic carbocycles. The summed E-state index contributed by atoms with van der Waals surface area (Å²) in [6, 6.07) is 2.11. The maximum absolute atomic E-state index is 10.8. The zero-order chi connectivity index (χ0) is 10.0. The molecule has 0 saturated heterocycles. The van der Waals surface area contributed by atoms with Crippen molar-refractivity contribution in [2.24, 2.45) is 11.8 Å². The molecule has 0 radical (unpaired) electrons. The highest BCUT2D eigenvalue weighted by atomic mass is 16.1. The minimum Gasteiger partial charge on any atom is -0.326 e. The van der Waals surface area contributed by atoms with E-state index < -0.39 is 0 Å². The van der Waals surface area contributed by atoms with E-state index in [9.17, 15) is 4.79 Å². The van der Waals surface area contributed by atoms with Crippen LogP contribution >= 0.6 is 0 Å². The molecule has 1 rings (SSSR count). The molecule has 3 heteroatoms. The van der Waals surface area contributed by atoms with Crippen LogP contribution in [-0.2, 0) is 4.79 Å². The lowest BCUT2D eigenvalue weighted by atomic mass is 10.2. The third-order valence-electron chi connectivity index (χ3n) is 3.08. The highest BCUT2D eigenvalue weighted by molar-refractivity contribution is 5.50. The molecule has 2 unspecified atom stereocenters. The summed E-state index contributed by atoms with van der Waals surface area (Å²) in [6.07, 6.45) is 1.90. The Labute approximate surface area is 79.3 Å². The number of hydrogen-bond acceptors (Lipinski definition) is 2. The molecule has 4 atom stereocenters. The Morgan fingerprint density at radius 2 is 2.31 bits per heavy atom. The molecule has 0 heterocycles. The Balaban J connectivity index is 2.61. The van der Waals surface area contributed by atoms with Crippen LogP contribution in [0.5, 0.6) is 0 Å². The molecule has 0 spiro atoms. The first-order valence-electron chi connectivity index (χ1n) is 4.79. The summed E-state index contributed by atoms with van der Waals surface area (Å²) in [6.45, 7) is 6.03. The molecule has 1 fully saturated rings. The summed E-state index contributed by atoms with van der Waals surface area (Å²) in [7, 11) is 0. The van der Waals surface area contributed by atoms with Crippen molar-refractivity contribution in [1.29, 1.82) is 5.26 Å². The molecule has 72 valence electrons. The predicted octanol–water partition coefficient (Wildman–Crippen LogP) is 1.40. The molecule has 13 heavy (non-hydrogen) atoms. The molecule has 0 aromatic heterocycles. The molecule has 0 aromatic carbocycles. The topological polar surface area (TPSA) is 44.1 Å². The molecule has 0 aromatic rings. The van der Waals surface area contributed by atoms with Gasteiger partial charge in [0.15, 0.2) is 0 Å². The third-order valence-corrected chi connectivity index (χ3v) is 3.08. The summed E-state index contributed by atoms with van der Waals surface area (Å²) in [5, 5.41) is 8.71. The standard InChI is InChI=1S/C10H16N2O/c1-4-9-8(3)10(9)12(6-13)7(2)5-11/h6-10H,4H2,1-3H3/t7-,8-,9?,10?/m0/s1. The van der Waals surface area contributed by atoms with Gasteiger partial charge < -0.3 is 4.90 Å². The van der Waals surface area contributed by atoms with Gasteiger partial charge in [0.05, 0.1) is 6.07 Å². The Bertz CT molecular complexity index is 234. The van der Waals surface area contributed by atoms with Crippen LogP contribution in [-0.4, -0.2) is 23.4 Å². The molecule has 1 aliphatic rings. The van der Waals surface area contributed by atoms with Gasteiger partial charge in [0.25, 0.3) is 0 Å². The van der Waals surface area contributed by atoms with Crippen molar-refractivity contribution in [3.8, 4) is 6.07 Å². The van der Waals surface area contributed by atoms with E-state index in [0.717, 1.165) is 12.8 Å². The van der Waals surface area contributed by atoms with Gasteiger partial charge in [-0.1, -0.05) is 20.3 Å². The van der Waals surface area contributed by atoms with Gasteiger partial charge in [-0.05, 0) is 18.8 Å². The average molecular weight is 180 g/mol. The van der Waals surface area contributed by atoms with Crippen molar-refractivity contribution in [2.75, 3.05) is 0 Å². The second-order valence-electron chi connectivity index (χ2n) is 3.78. The van der Waals surface area contributed by atoms with E-state index in [1.165, 1.54) is 0 Å². The van der Waals surface area contributed by atoms with Crippen molar-refractivity contribution >= 4 is 6.41 Å². The van der Waals surface area contributed by atoms with Crippen molar-refractivity contribution in [3.05, 3.63) is 0 Å². The third kappa shape index (κ3) is 1.67. The smallest absolute Gasteiger partial charge is 0.211 e. The summed E-state index contributed by atoms with van der Waals surface area (Å²) >= 11 is 0. The largest absolute Gasteiger partial charge is 0.326 e. The first-order valence-corrected chi connectivity index (χ1v) is 4.79. The van der Waals surface area contributed by atoms with Gasteiger partial charge >= 0.3 is 0 Å². The molecule has 3 nitrogen and oxygen atoms in total. The monoisotopic (exact) mass is 180 g/mol. The minimum atomic E-state index is -0.290. The number of nitrogens with zero attached hydrogens (tertiary/aromatic N) is 2. The number of carbonyl (C=O) groups excluding carboxylic acids is 1. The number of amides is 1. The maximum Gasteiger partial charge on any atom is 0.211 e. The Hall–Kier alpha value is -1.04. The van der Waals surface area contributed by atoms with Crippen LogP contribution in [0, 0.1) is 23.2 Å². The highest BCUT2D eigenvalue weighted by Crippen LogP contribution is 2.45. The van der Waals surface area contributed by atoms with Crippen LogP contribution < -0.4 is 0 Å². The maximum atomic E-state index is 10.8. The SMILES string of the molecule is CCC1C(N(C=O)[C@@H](C)C#N)[C@H]1C. The molecule has 0 N–H and O–H groups in total. The fourth-order valence-corrected chi connectivity index (χ4v) is 2.11. The molecular formula is C10H16N2O. The summed E-state index contributed by atoms with van der Waals surface area (Å²) < 4.78 is 0. The van der Waals surface area contributed by atoms with Crippen LogP contribution in [0.15, 0.2) is 0 Å². The second-order valence-corrected chi connectivity index (χ2v) is 3.78. The summed E-state index contributed by atoms with van der Waals surface area (Å²) in [5.74, 6) is 1.16. The molecular weight excluding hydrogens is 164 g/mol.